The number of hydrogen-bond donors (Lipinski definition) is 1. The van der Waals surface area contributed by atoms with Gasteiger partial charge in [0.15, 0.2) is 0 Å². The van der Waals surface area contributed by atoms with Crippen molar-refractivity contribution in [3.8, 4) is 11.3 Å². The Morgan fingerprint density at radius 1 is 1.19 bits per heavy atom. The first-order valence-electron chi connectivity index (χ1n) is 10.6. The highest BCUT2D eigenvalue weighted by Gasteiger charge is 2.29. The first kappa shape index (κ1) is 21.3. The second-order valence-electron chi connectivity index (χ2n) is 8.35. The summed E-state index contributed by atoms with van der Waals surface area (Å²) < 4.78 is 2.90. The fourth-order valence-electron chi connectivity index (χ4n) is 4.54. The van der Waals surface area contributed by atoms with Crippen LogP contribution in [0.4, 0.5) is 0 Å². The second-order valence-corrected chi connectivity index (χ2v) is 9.40. The normalized spacial score (nSPS) is 14.6. The topological polar surface area (TPSA) is 79.6 Å². The van der Waals surface area contributed by atoms with E-state index in [1.165, 1.54) is 17.8 Å². The van der Waals surface area contributed by atoms with Gasteiger partial charge >= 0.3 is 5.97 Å². The molecule has 3 aromatic rings. The van der Waals surface area contributed by atoms with Crippen LogP contribution in [-0.2, 0) is 11.3 Å². The molecule has 2 heterocycles. The van der Waals surface area contributed by atoms with Gasteiger partial charge in [-0.1, -0.05) is 37.5 Å². The molecule has 1 aromatic carbocycles. The molecule has 0 spiro atoms. The van der Waals surface area contributed by atoms with Gasteiger partial charge in [0.1, 0.15) is 17.7 Å². The maximum Gasteiger partial charge on any atom is 0.345 e. The largest absolute Gasteiger partial charge is 0.477 e. The molecule has 2 aromatic heterocycles. The summed E-state index contributed by atoms with van der Waals surface area (Å²) >= 11 is 1.29. The van der Waals surface area contributed by atoms with Gasteiger partial charge in [0.05, 0.1) is 15.9 Å². The van der Waals surface area contributed by atoms with Gasteiger partial charge in [0.25, 0.3) is 0 Å². The molecule has 1 aliphatic carbocycles. The van der Waals surface area contributed by atoms with Gasteiger partial charge in [-0.25, -0.2) is 4.79 Å². The molecule has 0 atom stereocenters. The lowest BCUT2D eigenvalue weighted by Crippen LogP contribution is -2.26. The standard InChI is InChI=1S/C24H26N2O4S/c1-25(2)20(28)13-26-18-12-19(24(29)30)31-23(18)21(16-8-4-3-5-9-16)22(26)17-10-6-7-15(11-17)14-27/h6-7,10-12,14,16H,3-5,8-9,13H2,1-2H3,(H,29,30). The quantitative estimate of drug-likeness (QED) is 0.548. The molecule has 1 amide bonds. The highest BCUT2D eigenvalue weighted by atomic mass is 32.1. The third-order valence-corrected chi connectivity index (χ3v) is 7.23. The van der Waals surface area contributed by atoms with Crippen LogP contribution in [0.5, 0.6) is 0 Å². The summed E-state index contributed by atoms with van der Waals surface area (Å²) in [5.74, 6) is -0.712. The van der Waals surface area contributed by atoms with E-state index in [1.807, 2.05) is 22.8 Å². The summed E-state index contributed by atoms with van der Waals surface area (Å²) in [6.07, 6.45) is 6.40. The molecule has 0 bridgehead atoms. The third-order valence-electron chi connectivity index (χ3n) is 6.09. The van der Waals surface area contributed by atoms with Crippen molar-refractivity contribution in [1.29, 1.82) is 0 Å². The molecule has 1 fully saturated rings. The number of carboxylic acids is 1. The van der Waals surface area contributed by atoms with Gasteiger partial charge in [-0.2, -0.15) is 0 Å². The molecule has 4 rings (SSSR count). The summed E-state index contributed by atoms with van der Waals surface area (Å²) in [5.41, 5.74) is 4.31. The molecule has 6 nitrogen and oxygen atoms in total. The zero-order valence-corrected chi connectivity index (χ0v) is 18.6. The monoisotopic (exact) mass is 438 g/mol. The number of amides is 1. The van der Waals surface area contributed by atoms with E-state index in [4.69, 9.17) is 0 Å². The van der Waals surface area contributed by atoms with E-state index in [2.05, 4.69) is 0 Å². The molecular weight excluding hydrogens is 412 g/mol. The van der Waals surface area contributed by atoms with Gasteiger partial charge in [0, 0.05) is 19.7 Å². The summed E-state index contributed by atoms with van der Waals surface area (Å²) in [6, 6.07) is 9.12. The maximum absolute atomic E-state index is 12.7. The Kier molecular flexibility index (Phi) is 5.96. The number of aromatic carboxylic acids is 1. The van der Waals surface area contributed by atoms with Crippen molar-refractivity contribution in [3.63, 3.8) is 0 Å². The first-order valence-corrected chi connectivity index (χ1v) is 11.4. The highest BCUT2D eigenvalue weighted by molar-refractivity contribution is 7.21. The Hall–Kier alpha value is -2.93. The minimum atomic E-state index is -0.953. The smallest absolute Gasteiger partial charge is 0.345 e. The highest BCUT2D eigenvalue weighted by Crippen LogP contribution is 2.46. The lowest BCUT2D eigenvalue weighted by atomic mass is 9.83. The first-order chi connectivity index (χ1) is 14.9. The van der Waals surface area contributed by atoms with Crippen LogP contribution in [0.1, 0.15) is 63.6 Å². The number of carboxylic acid groups (broad SMARTS) is 1. The summed E-state index contributed by atoms with van der Waals surface area (Å²) in [4.78, 5) is 37.7. The van der Waals surface area contributed by atoms with Crippen molar-refractivity contribution in [1.82, 2.24) is 9.47 Å². The van der Waals surface area contributed by atoms with Crippen LogP contribution < -0.4 is 0 Å². The van der Waals surface area contributed by atoms with Crippen LogP contribution in [0.25, 0.3) is 21.5 Å². The van der Waals surface area contributed by atoms with E-state index in [0.29, 0.717) is 11.5 Å². The predicted octanol–water partition coefficient (Wildman–Crippen LogP) is 5.02. The van der Waals surface area contributed by atoms with Crippen molar-refractivity contribution in [2.24, 2.45) is 0 Å². The number of aromatic nitrogens is 1. The molecule has 1 N–H and O–H groups in total. The van der Waals surface area contributed by atoms with Gasteiger partial charge in [-0.05, 0) is 42.0 Å². The Balaban J connectivity index is 2.02. The van der Waals surface area contributed by atoms with Gasteiger partial charge in [-0.15, -0.1) is 11.3 Å². The van der Waals surface area contributed by atoms with Crippen molar-refractivity contribution in [2.75, 3.05) is 14.1 Å². The number of carbonyl (C=O) groups is 3. The number of rotatable bonds is 6. The number of benzene rings is 1. The van der Waals surface area contributed by atoms with E-state index in [0.717, 1.165) is 59.0 Å². The lowest BCUT2D eigenvalue weighted by Gasteiger charge is -2.24. The number of fused-ring (bicyclic) bond motifs is 1. The average molecular weight is 439 g/mol. The molecule has 0 saturated heterocycles. The van der Waals surface area contributed by atoms with Crippen molar-refractivity contribution in [2.45, 2.75) is 44.6 Å². The molecule has 31 heavy (non-hydrogen) atoms. The van der Waals surface area contributed by atoms with Crippen molar-refractivity contribution < 1.29 is 19.5 Å². The Morgan fingerprint density at radius 3 is 2.58 bits per heavy atom. The van der Waals surface area contributed by atoms with Crippen LogP contribution in [0.2, 0.25) is 0 Å². The Labute approximate surface area is 185 Å². The predicted molar refractivity (Wildman–Crippen MR) is 122 cm³/mol. The zero-order valence-electron chi connectivity index (χ0n) is 17.8. The molecule has 0 aliphatic heterocycles. The number of aldehydes is 1. The molecule has 7 heteroatoms. The lowest BCUT2D eigenvalue weighted by molar-refractivity contribution is -0.129. The Morgan fingerprint density at radius 2 is 1.94 bits per heavy atom. The molecule has 1 aliphatic rings. The van der Waals surface area contributed by atoms with E-state index < -0.39 is 5.97 Å². The van der Waals surface area contributed by atoms with Gasteiger partial charge in [-0.3, -0.25) is 9.59 Å². The van der Waals surface area contributed by atoms with Crippen LogP contribution >= 0.6 is 11.3 Å². The second kappa shape index (κ2) is 8.67. The zero-order chi connectivity index (χ0) is 22.1. The van der Waals surface area contributed by atoms with Crippen molar-refractivity contribution in [3.05, 3.63) is 46.3 Å². The van der Waals surface area contributed by atoms with Crippen LogP contribution in [0.3, 0.4) is 0 Å². The fraction of sp³-hybridized carbons (Fsp3) is 0.375. The molecule has 0 unspecified atom stereocenters. The molecule has 0 radical (unpaired) electrons. The number of hydrogen-bond acceptors (Lipinski definition) is 4. The van der Waals surface area contributed by atoms with Gasteiger partial charge < -0.3 is 14.6 Å². The number of thiophene rings is 1. The van der Waals surface area contributed by atoms with Crippen molar-refractivity contribution >= 4 is 39.7 Å². The summed E-state index contributed by atoms with van der Waals surface area (Å²) in [7, 11) is 3.43. The number of nitrogens with zero attached hydrogens (tertiary/aromatic N) is 2. The molecule has 1 saturated carbocycles. The number of likely N-dealkylation sites (N-methyl/N-ethyl adjacent to an activating group) is 1. The van der Waals surface area contributed by atoms with Gasteiger partial charge in [0.2, 0.25) is 5.91 Å². The Bertz CT molecular complexity index is 1150. The van der Waals surface area contributed by atoms with Crippen LogP contribution in [-0.4, -0.2) is 46.8 Å². The SMILES string of the molecule is CN(C)C(=O)Cn1c(-c2cccc(C=O)c2)c(C2CCCCC2)c2sc(C(=O)O)cc21. The van der Waals surface area contributed by atoms with E-state index in [9.17, 15) is 19.5 Å². The summed E-state index contributed by atoms with van der Waals surface area (Å²) in [6.45, 7) is 0.118. The minimum absolute atomic E-state index is 0.0667. The number of carbonyl (C=O) groups excluding carboxylic acids is 2. The molecular formula is C24H26N2O4S. The summed E-state index contributed by atoms with van der Waals surface area (Å²) in [5, 5.41) is 9.61. The molecule has 162 valence electrons. The average Bonchev–Trinajstić information content (AvgIpc) is 3.32. The maximum atomic E-state index is 12.7. The third kappa shape index (κ3) is 4.02. The van der Waals surface area contributed by atoms with E-state index in [1.54, 1.807) is 31.1 Å². The minimum Gasteiger partial charge on any atom is -0.477 e. The van der Waals surface area contributed by atoms with E-state index >= 15 is 0 Å². The van der Waals surface area contributed by atoms with Crippen LogP contribution in [0, 0.1) is 0 Å². The van der Waals surface area contributed by atoms with Crippen LogP contribution in [0.15, 0.2) is 30.3 Å². The fourth-order valence-corrected chi connectivity index (χ4v) is 5.66. The van der Waals surface area contributed by atoms with E-state index in [-0.39, 0.29) is 17.3 Å².